The van der Waals surface area contributed by atoms with Gasteiger partial charge in [0, 0.05) is 12.8 Å². The van der Waals surface area contributed by atoms with Gasteiger partial charge < -0.3 is 30.1 Å². The standard InChI is InChI=1S/C34H36N4O4.Fe/c1-7-21-17(3)25-13-26-19(5)23(9-11-33(39)40)31(37-26)16-32-24(10-12-34(41)42)20(6)28(38-32)15-30-22(8-2)18(4)27(36-30)14-29(21)35-25;/h7-8H,1-2,9-16H2,3-6H3,(H,39,40)(H,41,42);/q-4;+4. The zero-order valence-electron chi connectivity index (χ0n) is 25.1. The molecule has 5 rings (SSSR count). The number of carbonyl (C=O) groups is 2. The second kappa shape index (κ2) is 12.7. The zero-order valence-corrected chi connectivity index (χ0v) is 26.2. The Morgan fingerprint density at radius 3 is 1.23 bits per heavy atom. The first-order valence-corrected chi connectivity index (χ1v) is 14.3. The minimum atomic E-state index is -0.865. The number of aliphatic carboxylic acids is 2. The van der Waals surface area contributed by atoms with Gasteiger partial charge in [-0.05, 0) is 77.3 Å². The molecule has 8 bridgehead atoms. The van der Waals surface area contributed by atoms with E-state index in [0.29, 0.717) is 38.5 Å². The first-order chi connectivity index (χ1) is 20.0. The van der Waals surface area contributed by atoms with Crippen molar-refractivity contribution in [3.63, 3.8) is 0 Å². The summed E-state index contributed by atoms with van der Waals surface area (Å²) in [6.07, 6.45) is 6.37. The quantitative estimate of drug-likeness (QED) is 0.238. The molecule has 0 amide bonds. The van der Waals surface area contributed by atoms with E-state index in [0.717, 1.165) is 90.1 Å². The van der Waals surface area contributed by atoms with Crippen molar-refractivity contribution in [1.29, 1.82) is 0 Å². The summed E-state index contributed by atoms with van der Waals surface area (Å²) >= 11 is 0. The van der Waals surface area contributed by atoms with Crippen LogP contribution in [0.2, 0.25) is 0 Å². The smallest absolute Gasteiger partial charge is 0.664 e. The van der Waals surface area contributed by atoms with Crippen LogP contribution in [0.1, 0.15) is 103 Å². The molecule has 1 aliphatic rings. The Balaban J connectivity index is 0.00000423. The predicted octanol–water partition coefficient (Wildman–Crippen LogP) is 4.74. The van der Waals surface area contributed by atoms with Crippen LogP contribution in [0.3, 0.4) is 0 Å². The van der Waals surface area contributed by atoms with Crippen molar-refractivity contribution in [2.75, 3.05) is 0 Å². The Morgan fingerprint density at radius 1 is 0.581 bits per heavy atom. The summed E-state index contributed by atoms with van der Waals surface area (Å²) in [5.41, 5.74) is 14.9. The molecule has 0 radical (unpaired) electrons. The van der Waals surface area contributed by atoms with Gasteiger partial charge in [-0.2, -0.15) is 34.2 Å². The fraction of sp³-hybridized carbons (Fsp3) is 0.353. The minimum absolute atomic E-state index is 0. The molecule has 8 nitrogen and oxygen atoms in total. The fourth-order valence-electron chi connectivity index (χ4n) is 6.32. The maximum atomic E-state index is 11.5. The SMILES string of the molecule is C=Cc1c2[n-]c(c1C)Cc1[n-]c(c(CCC(=O)O)c1C)Cc1[n-]c(c(C)c1CCC(=O)O)Cc1[n-]c(c(C)c1C=C)C2.[Fe+4]. The van der Waals surface area contributed by atoms with Crippen molar-refractivity contribution in [2.24, 2.45) is 0 Å². The topological polar surface area (TPSA) is 131 Å². The van der Waals surface area contributed by atoms with Crippen molar-refractivity contribution in [1.82, 2.24) is 19.9 Å². The van der Waals surface area contributed by atoms with Gasteiger partial charge in [0.2, 0.25) is 0 Å². The zero-order chi connectivity index (χ0) is 30.3. The van der Waals surface area contributed by atoms with E-state index in [-0.39, 0.29) is 29.9 Å². The van der Waals surface area contributed by atoms with Crippen molar-refractivity contribution in [3.05, 3.63) is 103 Å². The minimum Gasteiger partial charge on any atom is -0.664 e. The number of carboxylic acids is 2. The molecule has 2 N–H and O–H groups in total. The normalized spacial score (nSPS) is 12.6. The van der Waals surface area contributed by atoms with Gasteiger partial charge in [-0.1, -0.05) is 58.7 Å². The molecule has 1 aliphatic heterocycles. The van der Waals surface area contributed by atoms with Gasteiger partial charge in [0.1, 0.15) is 0 Å². The molecule has 4 aromatic rings. The third kappa shape index (κ3) is 6.10. The second-order valence-corrected chi connectivity index (χ2v) is 11.2. The van der Waals surface area contributed by atoms with E-state index < -0.39 is 11.9 Å². The molecular weight excluding hydrogens is 584 g/mol. The summed E-state index contributed by atoms with van der Waals surface area (Å²) in [5.74, 6) is -1.73. The van der Waals surface area contributed by atoms with Crippen molar-refractivity contribution >= 4 is 24.1 Å². The van der Waals surface area contributed by atoms with E-state index in [1.165, 1.54) is 0 Å². The largest absolute Gasteiger partial charge is 4.00 e. The summed E-state index contributed by atoms with van der Waals surface area (Å²) < 4.78 is 0. The Bertz CT molecular complexity index is 1730. The van der Waals surface area contributed by atoms with E-state index in [9.17, 15) is 19.8 Å². The molecular formula is C34H36FeN4O4. The maximum Gasteiger partial charge on any atom is 4.00 e. The van der Waals surface area contributed by atoms with Gasteiger partial charge in [-0.3, -0.25) is 9.59 Å². The van der Waals surface area contributed by atoms with Gasteiger partial charge in [-0.25, -0.2) is 0 Å². The van der Waals surface area contributed by atoms with E-state index in [1.54, 1.807) is 0 Å². The monoisotopic (exact) mass is 620 g/mol. The number of nitrogens with zero attached hydrogens (tertiary/aromatic N) is 4. The van der Waals surface area contributed by atoms with Gasteiger partial charge in [0.15, 0.2) is 0 Å². The van der Waals surface area contributed by atoms with Gasteiger partial charge in [0.25, 0.3) is 0 Å². The van der Waals surface area contributed by atoms with Crippen LogP contribution in [0.5, 0.6) is 0 Å². The van der Waals surface area contributed by atoms with Gasteiger partial charge in [-0.15, -0.1) is 11.4 Å². The molecule has 0 aliphatic carbocycles. The second-order valence-electron chi connectivity index (χ2n) is 11.2. The molecule has 224 valence electrons. The summed E-state index contributed by atoms with van der Waals surface area (Å²) in [7, 11) is 0. The predicted molar refractivity (Wildman–Crippen MR) is 161 cm³/mol. The maximum absolute atomic E-state index is 11.5. The van der Waals surface area contributed by atoms with Crippen LogP contribution < -0.4 is 19.9 Å². The van der Waals surface area contributed by atoms with Gasteiger partial charge >= 0.3 is 29.0 Å². The Morgan fingerprint density at radius 2 is 0.884 bits per heavy atom. The van der Waals surface area contributed by atoms with Crippen LogP contribution in [-0.2, 0) is 65.2 Å². The summed E-state index contributed by atoms with van der Waals surface area (Å²) in [4.78, 5) is 43.3. The molecule has 43 heavy (non-hydrogen) atoms. The average molecular weight is 621 g/mol. The Hall–Kier alpha value is -3.94. The number of hydrogen-bond donors (Lipinski definition) is 2. The molecule has 0 saturated heterocycles. The van der Waals surface area contributed by atoms with Crippen LogP contribution in [-0.4, -0.2) is 22.2 Å². The van der Waals surface area contributed by atoms with E-state index >= 15 is 0 Å². The molecule has 0 fully saturated rings. The molecule has 0 spiro atoms. The first kappa shape index (κ1) is 32.0. The van der Waals surface area contributed by atoms with E-state index in [4.69, 9.17) is 19.9 Å². The average Bonchev–Trinajstić information content (AvgIpc) is 3.59. The molecule has 0 saturated carbocycles. The molecule has 0 aromatic carbocycles. The first-order valence-electron chi connectivity index (χ1n) is 14.3. The fourth-order valence-corrected chi connectivity index (χ4v) is 6.32. The summed E-state index contributed by atoms with van der Waals surface area (Å²) in [5, 5.41) is 18.9. The summed E-state index contributed by atoms with van der Waals surface area (Å²) in [6, 6.07) is 0. The van der Waals surface area contributed by atoms with Crippen LogP contribution >= 0.6 is 0 Å². The molecule has 9 heteroatoms. The molecule has 0 atom stereocenters. The third-order valence-electron chi connectivity index (χ3n) is 8.77. The Kier molecular flexibility index (Phi) is 9.47. The third-order valence-corrected chi connectivity index (χ3v) is 8.77. The van der Waals surface area contributed by atoms with Gasteiger partial charge in [0.05, 0.1) is 0 Å². The molecule has 4 aromatic heterocycles. The number of hydrogen-bond acceptors (Lipinski definition) is 2. The number of rotatable bonds is 8. The van der Waals surface area contributed by atoms with Crippen molar-refractivity contribution < 1.29 is 36.9 Å². The number of aromatic nitrogens is 4. The van der Waals surface area contributed by atoms with Crippen LogP contribution in [0.25, 0.3) is 12.2 Å². The van der Waals surface area contributed by atoms with Crippen LogP contribution in [0.15, 0.2) is 13.2 Å². The van der Waals surface area contributed by atoms with Crippen molar-refractivity contribution in [2.45, 2.75) is 79.1 Å². The van der Waals surface area contributed by atoms with E-state index in [2.05, 4.69) is 27.0 Å². The van der Waals surface area contributed by atoms with Crippen LogP contribution in [0, 0.1) is 27.7 Å². The number of fused-ring (bicyclic) bond motifs is 8. The van der Waals surface area contributed by atoms with E-state index in [1.807, 2.05) is 26.0 Å². The molecule has 0 unspecified atom stereocenters. The molecule has 5 heterocycles. The Labute approximate surface area is 262 Å². The summed E-state index contributed by atoms with van der Waals surface area (Å²) in [6.45, 7) is 16.2. The van der Waals surface area contributed by atoms with Crippen molar-refractivity contribution in [3.8, 4) is 0 Å². The van der Waals surface area contributed by atoms with Crippen LogP contribution in [0.4, 0.5) is 0 Å². The number of carboxylic acid groups (broad SMARTS) is 2.